The maximum absolute atomic E-state index is 12.6. The summed E-state index contributed by atoms with van der Waals surface area (Å²) in [7, 11) is -2.08. The van der Waals surface area contributed by atoms with Crippen LogP contribution in [0.2, 0.25) is 0 Å². The summed E-state index contributed by atoms with van der Waals surface area (Å²) in [4.78, 5) is 0.217. The van der Waals surface area contributed by atoms with E-state index in [0.29, 0.717) is 24.6 Å². The first-order chi connectivity index (χ1) is 9.93. The van der Waals surface area contributed by atoms with Gasteiger partial charge in [0, 0.05) is 25.8 Å². The lowest BCUT2D eigenvalue weighted by Gasteiger charge is -2.19. The van der Waals surface area contributed by atoms with Gasteiger partial charge in [-0.3, -0.25) is 0 Å². The summed E-state index contributed by atoms with van der Waals surface area (Å²) in [5.41, 5.74) is 5.97. The Kier molecular flexibility index (Phi) is 5.32. The van der Waals surface area contributed by atoms with Crippen molar-refractivity contribution in [1.29, 1.82) is 0 Å². The van der Waals surface area contributed by atoms with Crippen LogP contribution in [0.1, 0.15) is 18.4 Å². The van der Waals surface area contributed by atoms with Crippen molar-refractivity contribution in [2.45, 2.75) is 17.7 Å². The van der Waals surface area contributed by atoms with Gasteiger partial charge in [0.05, 0.1) is 11.5 Å². The Bertz CT molecular complexity index is 612. The predicted octanol–water partition coefficient (Wildman–Crippen LogP) is 1.37. The molecule has 0 spiro atoms. The van der Waals surface area contributed by atoms with Gasteiger partial charge < -0.3 is 10.5 Å². The molecule has 0 saturated heterocycles. The smallest absolute Gasteiger partial charge is 0.243 e. The third kappa shape index (κ3) is 4.23. The second-order valence-electron chi connectivity index (χ2n) is 5.21. The third-order valence-electron chi connectivity index (χ3n) is 3.44. The molecule has 2 rings (SSSR count). The number of rotatable bonds is 8. The van der Waals surface area contributed by atoms with Crippen molar-refractivity contribution in [1.82, 2.24) is 4.31 Å². The van der Waals surface area contributed by atoms with Gasteiger partial charge in [0.15, 0.2) is 0 Å². The summed E-state index contributed by atoms with van der Waals surface area (Å²) in [5, 5.41) is 0. The fourth-order valence-corrected chi connectivity index (χ4v) is 3.51. The van der Waals surface area contributed by atoms with Crippen molar-refractivity contribution in [2.75, 3.05) is 26.8 Å². The monoisotopic (exact) mass is 328 g/mol. The SMILES string of the molecule is CN(CCOCC1CC1)S(=O)(=O)c1ccccc1C(N)=S. The van der Waals surface area contributed by atoms with Crippen LogP contribution in [-0.2, 0) is 14.8 Å². The second kappa shape index (κ2) is 6.83. The maximum Gasteiger partial charge on any atom is 0.243 e. The van der Waals surface area contributed by atoms with Crippen LogP contribution in [0.25, 0.3) is 0 Å². The van der Waals surface area contributed by atoms with Crippen molar-refractivity contribution < 1.29 is 13.2 Å². The number of thiocarbonyl (C=S) groups is 1. The Hall–Kier alpha value is -1.02. The Morgan fingerprint density at radius 1 is 1.43 bits per heavy atom. The van der Waals surface area contributed by atoms with Crippen molar-refractivity contribution in [3.05, 3.63) is 29.8 Å². The number of hydrogen-bond acceptors (Lipinski definition) is 4. The highest BCUT2D eigenvalue weighted by Gasteiger charge is 2.25. The van der Waals surface area contributed by atoms with Crippen molar-refractivity contribution >= 4 is 27.2 Å². The highest BCUT2D eigenvalue weighted by Crippen LogP contribution is 2.28. The minimum atomic E-state index is -3.61. The van der Waals surface area contributed by atoms with E-state index in [4.69, 9.17) is 22.7 Å². The molecule has 0 radical (unpaired) electrons. The van der Waals surface area contributed by atoms with Gasteiger partial charge in [-0.2, -0.15) is 4.31 Å². The number of likely N-dealkylation sites (N-methyl/N-ethyl adjacent to an activating group) is 1. The molecule has 0 bridgehead atoms. The average molecular weight is 328 g/mol. The molecule has 0 aromatic heterocycles. The summed E-state index contributed by atoms with van der Waals surface area (Å²) in [5.74, 6) is 0.669. The van der Waals surface area contributed by atoms with Gasteiger partial charge in [-0.05, 0) is 24.8 Å². The second-order valence-corrected chi connectivity index (χ2v) is 7.66. The maximum atomic E-state index is 12.6. The summed E-state index contributed by atoms with van der Waals surface area (Å²) in [6.45, 7) is 1.42. The van der Waals surface area contributed by atoms with Crippen LogP contribution in [0.15, 0.2) is 29.2 Å². The number of ether oxygens (including phenoxy) is 1. The Morgan fingerprint density at radius 3 is 2.71 bits per heavy atom. The van der Waals surface area contributed by atoms with Crippen LogP contribution < -0.4 is 5.73 Å². The molecule has 1 aromatic rings. The quantitative estimate of drug-likeness (QED) is 0.576. The van der Waals surface area contributed by atoms with E-state index in [1.54, 1.807) is 18.2 Å². The van der Waals surface area contributed by atoms with Gasteiger partial charge in [-0.15, -0.1) is 0 Å². The lowest BCUT2D eigenvalue weighted by Crippen LogP contribution is -2.32. The van der Waals surface area contributed by atoms with Gasteiger partial charge in [0.25, 0.3) is 0 Å². The van der Waals surface area contributed by atoms with E-state index in [1.165, 1.54) is 30.3 Å². The zero-order valence-electron chi connectivity index (χ0n) is 12.0. The van der Waals surface area contributed by atoms with Gasteiger partial charge in [-0.25, -0.2) is 8.42 Å². The van der Waals surface area contributed by atoms with Crippen LogP contribution in [0.3, 0.4) is 0 Å². The highest BCUT2D eigenvalue weighted by molar-refractivity contribution is 7.89. The third-order valence-corrected chi connectivity index (χ3v) is 5.58. The lowest BCUT2D eigenvalue weighted by atomic mass is 10.2. The first-order valence-electron chi connectivity index (χ1n) is 6.86. The molecule has 1 fully saturated rings. The van der Waals surface area contributed by atoms with Crippen LogP contribution >= 0.6 is 12.2 Å². The molecule has 5 nitrogen and oxygen atoms in total. The molecule has 116 valence electrons. The minimum absolute atomic E-state index is 0.0764. The van der Waals surface area contributed by atoms with E-state index >= 15 is 0 Å². The minimum Gasteiger partial charge on any atom is -0.389 e. The van der Waals surface area contributed by atoms with E-state index in [-0.39, 0.29) is 9.88 Å². The zero-order chi connectivity index (χ0) is 15.5. The molecule has 1 aliphatic carbocycles. The average Bonchev–Trinajstić information content (AvgIpc) is 3.27. The first-order valence-corrected chi connectivity index (χ1v) is 8.70. The van der Waals surface area contributed by atoms with Crippen LogP contribution in [-0.4, -0.2) is 44.5 Å². The summed E-state index contributed by atoms with van der Waals surface area (Å²) in [6.07, 6.45) is 2.44. The number of hydrogen-bond donors (Lipinski definition) is 1. The van der Waals surface area contributed by atoms with E-state index in [1.807, 2.05) is 0 Å². The number of benzene rings is 1. The van der Waals surface area contributed by atoms with Crippen molar-refractivity contribution in [3.8, 4) is 0 Å². The topological polar surface area (TPSA) is 72.6 Å². The largest absolute Gasteiger partial charge is 0.389 e. The Morgan fingerprint density at radius 2 is 2.10 bits per heavy atom. The van der Waals surface area contributed by atoms with E-state index in [0.717, 1.165) is 6.61 Å². The van der Waals surface area contributed by atoms with Gasteiger partial charge in [0.1, 0.15) is 4.99 Å². The van der Waals surface area contributed by atoms with Crippen LogP contribution in [0.4, 0.5) is 0 Å². The number of nitrogens with zero attached hydrogens (tertiary/aromatic N) is 1. The molecular formula is C14H20N2O3S2. The molecule has 2 N–H and O–H groups in total. The lowest BCUT2D eigenvalue weighted by molar-refractivity contribution is 0.117. The fourth-order valence-electron chi connectivity index (χ4n) is 1.91. The predicted molar refractivity (Wildman–Crippen MR) is 85.7 cm³/mol. The fraction of sp³-hybridized carbons (Fsp3) is 0.500. The molecule has 1 saturated carbocycles. The van der Waals surface area contributed by atoms with Gasteiger partial charge >= 0.3 is 0 Å². The Balaban J connectivity index is 2.03. The standard InChI is InChI=1S/C14H20N2O3S2/c1-16(8-9-19-10-11-6-7-11)21(17,18)13-5-3-2-4-12(13)14(15)20/h2-5,11H,6-10H2,1H3,(H2,15,20). The first kappa shape index (κ1) is 16.4. The van der Waals surface area contributed by atoms with Crippen LogP contribution in [0, 0.1) is 5.92 Å². The zero-order valence-corrected chi connectivity index (χ0v) is 13.6. The number of sulfonamides is 1. The number of nitrogens with two attached hydrogens (primary N) is 1. The molecule has 0 unspecified atom stereocenters. The molecule has 1 aromatic carbocycles. The van der Waals surface area contributed by atoms with E-state index in [9.17, 15) is 8.42 Å². The summed E-state index contributed by atoms with van der Waals surface area (Å²) < 4.78 is 31.9. The molecular weight excluding hydrogens is 308 g/mol. The highest BCUT2D eigenvalue weighted by atomic mass is 32.2. The molecule has 0 heterocycles. The molecule has 0 aliphatic heterocycles. The summed E-state index contributed by atoms with van der Waals surface area (Å²) in [6, 6.07) is 6.51. The van der Waals surface area contributed by atoms with Crippen LogP contribution in [0.5, 0.6) is 0 Å². The van der Waals surface area contributed by atoms with Gasteiger partial charge in [-0.1, -0.05) is 30.4 Å². The van der Waals surface area contributed by atoms with E-state index < -0.39 is 10.0 Å². The van der Waals surface area contributed by atoms with Crippen molar-refractivity contribution in [3.63, 3.8) is 0 Å². The molecule has 7 heteroatoms. The van der Waals surface area contributed by atoms with E-state index in [2.05, 4.69) is 0 Å². The normalized spacial score (nSPS) is 15.3. The molecule has 0 amide bonds. The van der Waals surface area contributed by atoms with Gasteiger partial charge in [0.2, 0.25) is 10.0 Å². The summed E-state index contributed by atoms with van der Waals surface area (Å²) >= 11 is 4.92. The molecule has 0 atom stereocenters. The van der Waals surface area contributed by atoms with Crippen molar-refractivity contribution in [2.24, 2.45) is 11.7 Å². The Labute approximate surface area is 131 Å². The molecule has 21 heavy (non-hydrogen) atoms. The molecule has 1 aliphatic rings.